The van der Waals surface area contributed by atoms with Gasteiger partial charge in [-0.2, -0.15) is 0 Å². The Kier molecular flexibility index (Phi) is 7.01. The molecule has 0 aliphatic carbocycles. The van der Waals surface area contributed by atoms with Gasteiger partial charge in [0.15, 0.2) is 0 Å². The van der Waals surface area contributed by atoms with Gasteiger partial charge in [-0.25, -0.2) is 8.42 Å². The number of rotatable bonds is 8. The van der Waals surface area contributed by atoms with Crippen molar-refractivity contribution >= 4 is 21.6 Å². The Morgan fingerprint density at radius 1 is 1.25 bits per heavy atom. The molecule has 1 amide bonds. The number of para-hydroxylation sites is 1. The highest BCUT2D eigenvalue weighted by atomic mass is 32.2. The van der Waals surface area contributed by atoms with E-state index in [0.29, 0.717) is 12.2 Å². The Balaban J connectivity index is 1.78. The van der Waals surface area contributed by atoms with E-state index in [-0.39, 0.29) is 12.5 Å². The van der Waals surface area contributed by atoms with Crippen molar-refractivity contribution in [3.8, 4) is 0 Å². The van der Waals surface area contributed by atoms with Gasteiger partial charge in [-0.05, 0) is 12.1 Å². The van der Waals surface area contributed by atoms with Gasteiger partial charge in [0.1, 0.15) is 19.6 Å². The van der Waals surface area contributed by atoms with E-state index < -0.39 is 10.0 Å². The van der Waals surface area contributed by atoms with E-state index >= 15 is 0 Å². The number of hydrogen-bond donors (Lipinski definition) is 2. The van der Waals surface area contributed by atoms with Crippen LogP contribution in [0.25, 0.3) is 0 Å². The van der Waals surface area contributed by atoms with Crippen molar-refractivity contribution in [2.45, 2.75) is 6.42 Å². The molecular formula is C16H26N3O4S+. The van der Waals surface area contributed by atoms with E-state index in [1.807, 2.05) is 0 Å². The monoisotopic (exact) mass is 356 g/mol. The SMILES string of the molecule is CS(=O)(=O)N(CC(=O)NCCC[NH+]1CCOCC1)c1ccccc1. The molecule has 1 heterocycles. The summed E-state index contributed by atoms with van der Waals surface area (Å²) in [6.07, 6.45) is 1.97. The highest BCUT2D eigenvalue weighted by Crippen LogP contribution is 2.15. The number of amides is 1. The Bertz CT molecular complexity index is 615. The molecule has 7 nitrogen and oxygen atoms in total. The van der Waals surface area contributed by atoms with Crippen LogP contribution < -0.4 is 14.5 Å². The minimum atomic E-state index is -3.51. The molecule has 0 saturated carbocycles. The first-order valence-corrected chi connectivity index (χ1v) is 10.0. The van der Waals surface area contributed by atoms with Gasteiger partial charge in [-0.3, -0.25) is 9.10 Å². The lowest BCUT2D eigenvalue weighted by Gasteiger charge is -2.24. The number of morpholine rings is 1. The summed E-state index contributed by atoms with van der Waals surface area (Å²) < 4.78 is 30.3. The molecule has 2 N–H and O–H groups in total. The van der Waals surface area contributed by atoms with E-state index in [2.05, 4.69) is 5.32 Å². The van der Waals surface area contributed by atoms with Crippen molar-refractivity contribution in [1.82, 2.24) is 5.32 Å². The smallest absolute Gasteiger partial charge is 0.240 e. The van der Waals surface area contributed by atoms with Crippen LogP contribution in [0.2, 0.25) is 0 Å². The maximum atomic E-state index is 12.1. The van der Waals surface area contributed by atoms with Crippen molar-refractivity contribution in [2.75, 3.05) is 56.5 Å². The fourth-order valence-corrected chi connectivity index (χ4v) is 3.51. The number of ether oxygens (including phenoxy) is 1. The van der Waals surface area contributed by atoms with E-state index in [0.717, 1.165) is 49.8 Å². The third kappa shape index (κ3) is 6.10. The van der Waals surface area contributed by atoms with Crippen LogP contribution in [0.15, 0.2) is 30.3 Å². The van der Waals surface area contributed by atoms with Crippen molar-refractivity contribution in [2.24, 2.45) is 0 Å². The average Bonchev–Trinajstić information content (AvgIpc) is 2.57. The second-order valence-electron chi connectivity index (χ2n) is 5.92. The van der Waals surface area contributed by atoms with Crippen LogP contribution in [0.4, 0.5) is 5.69 Å². The van der Waals surface area contributed by atoms with Crippen molar-refractivity contribution in [1.29, 1.82) is 0 Å². The number of carbonyl (C=O) groups excluding carboxylic acids is 1. The fraction of sp³-hybridized carbons (Fsp3) is 0.562. The molecule has 1 aliphatic heterocycles. The zero-order valence-electron chi connectivity index (χ0n) is 14.0. The van der Waals surface area contributed by atoms with Crippen LogP contribution in [0.5, 0.6) is 0 Å². The average molecular weight is 356 g/mol. The molecule has 2 rings (SSSR count). The van der Waals surface area contributed by atoms with Gasteiger partial charge in [0.05, 0.1) is 31.7 Å². The summed E-state index contributed by atoms with van der Waals surface area (Å²) in [6.45, 7) is 4.93. The summed E-state index contributed by atoms with van der Waals surface area (Å²) >= 11 is 0. The quantitative estimate of drug-likeness (QED) is 0.578. The second kappa shape index (κ2) is 9.00. The molecule has 24 heavy (non-hydrogen) atoms. The zero-order chi connectivity index (χ0) is 17.4. The molecule has 0 aromatic heterocycles. The number of anilines is 1. The number of quaternary nitrogens is 1. The van der Waals surface area contributed by atoms with Crippen LogP contribution in [0.1, 0.15) is 6.42 Å². The fourth-order valence-electron chi connectivity index (χ4n) is 2.66. The predicted molar refractivity (Wildman–Crippen MR) is 92.6 cm³/mol. The van der Waals surface area contributed by atoms with Gasteiger partial charge in [-0.15, -0.1) is 0 Å². The predicted octanol–water partition coefficient (Wildman–Crippen LogP) is -1.13. The van der Waals surface area contributed by atoms with Crippen molar-refractivity contribution in [3.05, 3.63) is 30.3 Å². The lowest BCUT2D eigenvalue weighted by atomic mass is 10.3. The van der Waals surface area contributed by atoms with Crippen LogP contribution >= 0.6 is 0 Å². The first-order chi connectivity index (χ1) is 11.5. The number of benzene rings is 1. The molecular weight excluding hydrogens is 330 g/mol. The minimum absolute atomic E-state index is 0.201. The first kappa shape index (κ1) is 18.7. The summed E-state index contributed by atoms with van der Waals surface area (Å²) in [5, 5.41) is 2.80. The van der Waals surface area contributed by atoms with E-state index in [1.54, 1.807) is 30.3 Å². The topological polar surface area (TPSA) is 80.2 Å². The lowest BCUT2D eigenvalue weighted by molar-refractivity contribution is -0.908. The number of hydrogen-bond acceptors (Lipinski definition) is 4. The molecule has 0 spiro atoms. The standard InChI is InChI=1S/C16H25N3O4S/c1-24(21,22)19(15-6-3-2-4-7-15)14-16(20)17-8-5-9-18-10-12-23-13-11-18/h2-4,6-7H,5,8-14H2,1H3,(H,17,20)/p+1. The van der Waals surface area contributed by atoms with Crippen LogP contribution in [0.3, 0.4) is 0 Å². The Hall–Kier alpha value is -1.64. The maximum absolute atomic E-state index is 12.1. The van der Waals surface area contributed by atoms with Crippen LogP contribution in [0, 0.1) is 0 Å². The van der Waals surface area contributed by atoms with Gasteiger partial charge in [0.25, 0.3) is 0 Å². The minimum Gasteiger partial charge on any atom is -0.370 e. The molecule has 1 fully saturated rings. The Morgan fingerprint density at radius 2 is 1.92 bits per heavy atom. The molecule has 0 atom stereocenters. The van der Waals surface area contributed by atoms with Crippen LogP contribution in [-0.2, 0) is 19.6 Å². The zero-order valence-corrected chi connectivity index (χ0v) is 14.8. The van der Waals surface area contributed by atoms with Gasteiger partial charge < -0.3 is 15.0 Å². The number of sulfonamides is 1. The summed E-state index contributed by atoms with van der Waals surface area (Å²) in [4.78, 5) is 13.6. The molecule has 0 bridgehead atoms. The largest absolute Gasteiger partial charge is 0.370 e. The molecule has 0 unspecified atom stereocenters. The summed E-state index contributed by atoms with van der Waals surface area (Å²) in [5.74, 6) is -0.291. The number of nitrogens with one attached hydrogen (secondary N) is 2. The highest BCUT2D eigenvalue weighted by molar-refractivity contribution is 7.92. The van der Waals surface area contributed by atoms with Gasteiger partial charge in [-0.1, -0.05) is 18.2 Å². The van der Waals surface area contributed by atoms with Crippen molar-refractivity contribution < 1.29 is 22.8 Å². The van der Waals surface area contributed by atoms with E-state index in [4.69, 9.17) is 4.74 Å². The summed E-state index contributed by atoms with van der Waals surface area (Å²) in [7, 11) is -3.51. The molecule has 1 saturated heterocycles. The second-order valence-corrected chi connectivity index (χ2v) is 7.83. The van der Waals surface area contributed by atoms with Crippen LogP contribution in [-0.4, -0.2) is 66.5 Å². The van der Waals surface area contributed by atoms with E-state index in [9.17, 15) is 13.2 Å². The highest BCUT2D eigenvalue weighted by Gasteiger charge is 2.20. The molecule has 1 aromatic carbocycles. The molecule has 134 valence electrons. The van der Waals surface area contributed by atoms with Gasteiger partial charge >= 0.3 is 0 Å². The normalized spacial score (nSPS) is 15.9. The van der Waals surface area contributed by atoms with Crippen molar-refractivity contribution in [3.63, 3.8) is 0 Å². The molecule has 8 heteroatoms. The molecule has 1 aliphatic rings. The third-order valence-corrected chi connectivity index (χ3v) is 5.10. The third-order valence-electron chi connectivity index (χ3n) is 3.96. The van der Waals surface area contributed by atoms with Gasteiger partial charge in [0.2, 0.25) is 15.9 Å². The number of carbonyl (C=O) groups is 1. The van der Waals surface area contributed by atoms with Gasteiger partial charge in [0, 0.05) is 13.0 Å². The lowest BCUT2D eigenvalue weighted by Crippen LogP contribution is -3.14. The maximum Gasteiger partial charge on any atom is 0.240 e. The Morgan fingerprint density at radius 3 is 2.54 bits per heavy atom. The summed E-state index contributed by atoms with van der Waals surface area (Å²) in [5.41, 5.74) is 0.493. The first-order valence-electron chi connectivity index (χ1n) is 8.17. The van der Waals surface area contributed by atoms with E-state index in [1.165, 1.54) is 4.90 Å². The molecule has 1 aromatic rings. The Labute approximate surface area is 143 Å². The molecule has 0 radical (unpaired) electrons. The number of nitrogens with zero attached hydrogens (tertiary/aromatic N) is 1. The summed E-state index contributed by atoms with van der Waals surface area (Å²) in [6, 6.07) is 8.65.